The second kappa shape index (κ2) is 12.1. The SMILES string of the molecule is CCOC(=O)C(Cc1ccccc1)NC(=O)C1CC(=O)N(CCc2ccc(OC)c(OC)c2)C1. The zero-order valence-electron chi connectivity index (χ0n) is 19.9. The number of carbonyl (C=O) groups is 3. The molecule has 1 aliphatic rings. The Bertz CT molecular complexity index is 994. The maximum absolute atomic E-state index is 12.9. The average molecular weight is 469 g/mol. The van der Waals surface area contributed by atoms with Crippen LogP contribution in [0.4, 0.5) is 0 Å². The van der Waals surface area contributed by atoms with Crippen molar-refractivity contribution < 1.29 is 28.6 Å². The van der Waals surface area contributed by atoms with Gasteiger partial charge in [0.2, 0.25) is 11.8 Å². The van der Waals surface area contributed by atoms with Crippen molar-refractivity contribution in [3.05, 3.63) is 59.7 Å². The van der Waals surface area contributed by atoms with Gasteiger partial charge in [-0.05, 0) is 36.6 Å². The summed E-state index contributed by atoms with van der Waals surface area (Å²) in [4.78, 5) is 39.6. The Kier molecular flexibility index (Phi) is 8.90. The van der Waals surface area contributed by atoms with Crippen molar-refractivity contribution in [1.82, 2.24) is 10.2 Å². The molecule has 8 heteroatoms. The lowest BCUT2D eigenvalue weighted by atomic mass is 10.0. The Labute approximate surface area is 200 Å². The van der Waals surface area contributed by atoms with E-state index in [-0.39, 0.29) is 24.8 Å². The number of nitrogens with one attached hydrogen (secondary N) is 1. The third kappa shape index (κ3) is 6.50. The second-order valence-corrected chi connectivity index (χ2v) is 8.18. The number of hydrogen-bond acceptors (Lipinski definition) is 6. The number of amides is 2. The van der Waals surface area contributed by atoms with Gasteiger partial charge in [-0.2, -0.15) is 0 Å². The summed E-state index contributed by atoms with van der Waals surface area (Å²) >= 11 is 0. The van der Waals surface area contributed by atoms with Crippen LogP contribution in [0.2, 0.25) is 0 Å². The summed E-state index contributed by atoms with van der Waals surface area (Å²) in [6.45, 7) is 2.76. The number of hydrogen-bond donors (Lipinski definition) is 1. The first-order valence-corrected chi connectivity index (χ1v) is 11.4. The number of ether oxygens (including phenoxy) is 3. The van der Waals surface area contributed by atoms with Crippen LogP contribution in [0.3, 0.4) is 0 Å². The topological polar surface area (TPSA) is 94.2 Å². The van der Waals surface area contributed by atoms with Gasteiger partial charge in [-0.15, -0.1) is 0 Å². The molecule has 1 heterocycles. The Morgan fingerprint density at radius 1 is 1.06 bits per heavy atom. The summed E-state index contributed by atoms with van der Waals surface area (Å²) < 4.78 is 15.8. The van der Waals surface area contributed by atoms with Crippen LogP contribution in [0.1, 0.15) is 24.5 Å². The lowest BCUT2D eigenvalue weighted by Gasteiger charge is -2.20. The monoisotopic (exact) mass is 468 g/mol. The van der Waals surface area contributed by atoms with E-state index in [1.807, 2.05) is 48.5 Å². The Balaban J connectivity index is 1.59. The molecule has 1 N–H and O–H groups in total. The summed E-state index contributed by atoms with van der Waals surface area (Å²) in [6.07, 6.45) is 1.08. The second-order valence-electron chi connectivity index (χ2n) is 8.18. The lowest BCUT2D eigenvalue weighted by molar-refractivity contribution is -0.147. The molecule has 2 aromatic rings. The van der Waals surface area contributed by atoms with E-state index in [0.717, 1.165) is 11.1 Å². The predicted octanol–water partition coefficient (Wildman–Crippen LogP) is 2.39. The fourth-order valence-electron chi connectivity index (χ4n) is 4.04. The minimum Gasteiger partial charge on any atom is -0.493 e. The van der Waals surface area contributed by atoms with Gasteiger partial charge < -0.3 is 24.4 Å². The Morgan fingerprint density at radius 3 is 2.47 bits per heavy atom. The minimum atomic E-state index is -0.800. The molecule has 0 bridgehead atoms. The highest BCUT2D eigenvalue weighted by molar-refractivity contribution is 5.91. The van der Waals surface area contributed by atoms with Crippen LogP contribution in [0.5, 0.6) is 11.5 Å². The summed E-state index contributed by atoms with van der Waals surface area (Å²) in [6, 6.07) is 14.3. The van der Waals surface area contributed by atoms with Gasteiger partial charge >= 0.3 is 5.97 Å². The van der Waals surface area contributed by atoms with Gasteiger partial charge in [-0.3, -0.25) is 9.59 Å². The fourth-order valence-corrected chi connectivity index (χ4v) is 4.04. The van der Waals surface area contributed by atoms with E-state index >= 15 is 0 Å². The molecule has 8 nitrogen and oxygen atoms in total. The largest absolute Gasteiger partial charge is 0.493 e. The highest BCUT2D eigenvalue weighted by Crippen LogP contribution is 2.28. The molecule has 2 amide bonds. The number of esters is 1. The third-order valence-electron chi connectivity index (χ3n) is 5.87. The van der Waals surface area contributed by atoms with Gasteiger partial charge in [-0.25, -0.2) is 4.79 Å². The predicted molar refractivity (Wildman–Crippen MR) is 127 cm³/mol. The summed E-state index contributed by atoms with van der Waals surface area (Å²) in [5.74, 6) is -0.0902. The molecule has 0 radical (unpaired) electrons. The maximum atomic E-state index is 12.9. The molecule has 0 spiro atoms. The first kappa shape index (κ1) is 25.1. The van der Waals surface area contributed by atoms with Crippen LogP contribution in [0.15, 0.2) is 48.5 Å². The first-order valence-electron chi connectivity index (χ1n) is 11.4. The van der Waals surface area contributed by atoms with Crippen LogP contribution in [0.25, 0.3) is 0 Å². The van der Waals surface area contributed by atoms with E-state index in [0.29, 0.717) is 37.4 Å². The normalized spacial score (nSPS) is 16.1. The van der Waals surface area contributed by atoms with Crippen molar-refractivity contribution in [2.75, 3.05) is 33.9 Å². The number of benzene rings is 2. The van der Waals surface area contributed by atoms with Crippen molar-refractivity contribution in [1.29, 1.82) is 0 Å². The number of likely N-dealkylation sites (tertiary alicyclic amines) is 1. The number of rotatable bonds is 11. The van der Waals surface area contributed by atoms with E-state index in [2.05, 4.69) is 5.32 Å². The molecule has 0 saturated carbocycles. The summed E-state index contributed by atoms with van der Waals surface area (Å²) in [5.41, 5.74) is 1.92. The highest BCUT2D eigenvalue weighted by Gasteiger charge is 2.36. The van der Waals surface area contributed by atoms with Gasteiger partial charge in [0.05, 0.1) is 26.7 Å². The molecule has 1 aliphatic heterocycles. The minimum absolute atomic E-state index is 0.0728. The third-order valence-corrected chi connectivity index (χ3v) is 5.87. The molecule has 1 fully saturated rings. The molecule has 2 unspecified atom stereocenters. The first-order chi connectivity index (χ1) is 16.4. The van der Waals surface area contributed by atoms with Crippen LogP contribution in [-0.2, 0) is 32.0 Å². The maximum Gasteiger partial charge on any atom is 0.328 e. The Hall–Kier alpha value is -3.55. The van der Waals surface area contributed by atoms with Crippen molar-refractivity contribution >= 4 is 17.8 Å². The van der Waals surface area contributed by atoms with E-state index in [1.54, 1.807) is 26.0 Å². The zero-order valence-corrected chi connectivity index (χ0v) is 19.9. The van der Waals surface area contributed by atoms with Gasteiger partial charge in [0.15, 0.2) is 11.5 Å². The molecule has 34 heavy (non-hydrogen) atoms. The standard InChI is InChI=1S/C26H32N2O6/c1-4-34-26(31)21(14-18-8-6-5-7-9-18)27-25(30)20-16-24(29)28(17-20)13-12-19-10-11-22(32-2)23(15-19)33-3/h5-11,15,20-21H,4,12-14,16-17H2,1-3H3,(H,27,30). The molecule has 1 saturated heterocycles. The Morgan fingerprint density at radius 2 is 1.79 bits per heavy atom. The van der Waals surface area contributed by atoms with Crippen molar-refractivity contribution in [2.45, 2.75) is 32.2 Å². The van der Waals surface area contributed by atoms with E-state index in [9.17, 15) is 14.4 Å². The average Bonchev–Trinajstić information content (AvgIpc) is 3.23. The molecular formula is C26H32N2O6. The number of carbonyl (C=O) groups excluding carboxylic acids is 3. The quantitative estimate of drug-likeness (QED) is 0.509. The zero-order chi connectivity index (χ0) is 24.5. The van der Waals surface area contributed by atoms with Crippen LogP contribution in [0, 0.1) is 5.92 Å². The summed E-state index contributed by atoms with van der Waals surface area (Å²) in [7, 11) is 3.16. The molecule has 2 atom stereocenters. The molecule has 0 aliphatic carbocycles. The smallest absolute Gasteiger partial charge is 0.328 e. The van der Waals surface area contributed by atoms with Crippen molar-refractivity contribution in [3.8, 4) is 11.5 Å². The molecule has 182 valence electrons. The van der Waals surface area contributed by atoms with Gasteiger partial charge in [0.1, 0.15) is 6.04 Å². The van der Waals surface area contributed by atoms with Gasteiger partial charge in [0.25, 0.3) is 0 Å². The van der Waals surface area contributed by atoms with Crippen molar-refractivity contribution in [2.24, 2.45) is 5.92 Å². The number of nitrogens with zero attached hydrogens (tertiary/aromatic N) is 1. The van der Waals surface area contributed by atoms with Crippen LogP contribution < -0.4 is 14.8 Å². The molecule has 0 aromatic heterocycles. The van der Waals surface area contributed by atoms with Crippen LogP contribution >= 0.6 is 0 Å². The van der Waals surface area contributed by atoms with Crippen LogP contribution in [-0.4, -0.2) is 62.6 Å². The van der Waals surface area contributed by atoms with Gasteiger partial charge in [0, 0.05) is 25.9 Å². The lowest BCUT2D eigenvalue weighted by Crippen LogP contribution is -2.46. The highest BCUT2D eigenvalue weighted by atomic mass is 16.5. The van der Waals surface area contributed by atoms with E-state index in [4.69, 9.17) is 14.2 Å². The molecular weight excluding hydrogens is 436 g/mol. The molecule has 3 rings (SSSR count). The van der Waals surface area contributed by atoms with Gasteiger partial charge in [-0.1, -0.05) is 36.4 Å². The number of methoxy groups -OCH3 is 2. The summed E-state index contributed by atoms with van der Waals surface area (Å²) in [5, 5.41) is 2.81. The van der Waals surface area contributed by atoms with Crippen molar-refractivity contribution in [3.63, 3.8) is 0 Å². The van der Waals surface area contributed by atoms with E-state index in [1.165, 1.54) is 0 Å². The fraction of sp³-hybridized carbons (Fsp3) is 0.423. The molecule has 2 aromatic carbocycles. The van der Waals surface area contributed by atoms with E-state index < -0.39 is 17.9 Å².